The number of benzene rings is 2. The van der Waals surface area contributed by atoms with Gasteiger partial charge in [0.1, 0.15) is 0 Å². The van der Waals surface area contributed by atoms with Gasteiger partial charge in [0, 0.05) is 23.4 Å². The van der Waals surface area contributed by atoms with Crippen molar-refractivity contribution < 1.29 is 22.0 Å². The number of fused-ring (bicyclic) bond motifs is 1. The Morgan fingerprint density at radius 2 is 1.88 bits per heavy atom. The highest BCUT2D eigenvalue weighted by Crippen LogP contribution is 2.34. The predicted molar refractivity (Wildman–Crippen MR) is 91.2 cm³/mol. The number of halogens is 2. The topological polar surface area (TPSA) is 66.5 Å². The van der Waals surface area contributed by atoms with Crippen molar-refractivity contribution in [3.05, 3.63) is 59.2 Å². The first-order valence-electron chi connectivity index (χ1n) is 7.55. The number of carbonyl (C=O) groups is 1. The molecule has 0 aliphatic carbocycles. The molecule has 1 atom stereocenters. The maximum atomic E-state index is 13.2. The Morgan fingerprint density at radius 1 is 1.16 bits per heavy atom. The monoisotopic (exact) mass is 366 g/mol. The van der Waals surface area contributed by atoms with Crippen molar-refractivity contribution in [2.45, 2.75) is 19.4 Å². The first kappa shape index (κ1) is 17.3. The first-order chi connectivity index (χ1) is 11.7. The molecule has 1 aliphatic heterocycles. The standard InChI is InChI=1S/C17H16F2N2O3S/c1-10-7-12-8-11(3-6-16(12)21(10)25(2,23)24)17(22)20-13-4-5-14(18)15(19)9-13/h3-6,8-10H,7H2,1-2H3,(H,20,22)/t10-/m0/s1. The van der Waals surface area contributed by atoms with Crippen LogP contribution in [0.15, 0.2) is 36.4 Å². The van der Waals surface area contributed by atoms with Crippen LogP contribution in [0.1, 0.15) is 22.8 Å². The number of nitrogens with one attached hydrogen (secondary N) is 1. The lowest BCUT2D eigenvalue weighted by Gasteiger charge is -2.21. The summed E-state index contributed by atoms with van der Waals surface area (Å²) >= 11 is 0. The van der Waals surface area contributed by atoms with E-state index in [4.69, 9.17) is 0 Å². The van der Waals surface area contributed by atoms with Gasteiger partial charge in [0.15, 0.2) is 11.6 Å². The number of anilines is 2. The van der Waals surface area contributed by atoms with E-state index in [0.29, 0.717) is 17.7 Å². The predicted octanol–water partition coefficient (Wildman–Crippen LogP) is 2.93. The highest BCUT2D eigenvalue weighted by atomic mass is 32.2. The molecule has 2 aromatic rings. The van der Waals surface area contributed by atoms with Gasteiger partial charge >= 0.3 is 0 Å². The smallest absolute Gasteiger partial charge is 0.255 e. The summed E-state index contributed by atoms with van der Waals surface area (Å²) < 4.78 is 51.3. The second kappa shape index (κ2) is 6.11. The normalized spacial score (nSPS) is 16.6. The zero-order valence-corrected chi connectivity index (χ0v) is 14.4. The molecule has 25 heavy (non-hydrogen) atoms. The lowest BCUT2D eigenvalue weighted by Crippen LogP contribution is -2.34. The van der Waals surface area contributed by atoms with Crippen LogP contribution in [0.3, 0.4) is 0 Å². The Morgan fingerprint density at radius 3 is 2.52 bits per heavy atom. The van der Waals surface area contributed by atoms with Gasteiger partial charge in [-0.25, -0.2) is 17.2 Å². The van der Waals surface area contributed by atoms with Crippen molar-refractivity contribution in [3.8, 4) is 0 Å². The highest BCUT2D eigenvalue weighted by Gasteiger charge is 2.32. The number of amides is 1. The van der Waals surface area contributed by atoms with E-state index in [0.717, 1.165) is 24.0 Å². The summed E-state index contributed by atoms with van der Waals surface area (Å²) in [6.45, 7) is 1.79. The van der Waals surface area contributed by atoms with E-state index in [2.05, 4.69) is 5.32 Å². The largest absolute Gasteiger partial charge is 0.322 e. The summed E-state index contributed by atoms with van der Waals surface area (Å²) in [7, 11) is -3.40. The van der Waals surface area contributed by atoms with Crippen LogP contribution in [-0.2, 0) is 16.4 Å². The van der Waals surface area contributed by atoms with E-state index >= 15 is 0 Å². The summed E-state index contributed by atoms with van der Waals surface area (Å²) in [6.07, 6.45) is 1.64. The van der Waals surface area contributed by atoms with Crippen molar-refractivity contribution in [3.63, 3.8) is 0 Å². The molecule has 0 aromatic heterocycles. The van der Waals surface area contributed by atoms with Crippen LogP contribution in [0, 0.1) is 11.6 Å². The molecule has 0 radical (unpaired) electrons. The van der Waals surface area contributed by atoms with Crippen LogP contribution in [0.5, 0.6) is 0 Å². The lowest BCUT2D eigenvalue weighted by molar-refractivity contribution is 0.102. The van der Waals surface area contributed by atoms with Gasteiger partial charge in [-0.1, -0.05) is 0 Å². The average molecular weight is 366 g/mol. The number of hydrogen-bond acceptors (Lipinski definition) is 3. The molecule has 0 saturated carbocycles. The van der Waals surface area contributed by atoms with E-state index in [1.165, 1.54) is 16.4 Å². The van der Waals surface area contributed by atoms with Crippen LogP contribution in [0.4, 0.5) is 20.2 Å². The summed E-state index contributed by atoms with van der Waals surface area (Å²) in [6, 6.07) is 7.57. The van der Waals surface area contributed by atoms with Crippen LogP contribution in [0.2, 0.25) is 0 Å². The number of carbonyl (C=O) groups excluding carboxylic acids is 1. The second-order valence-corrected chi connectivity index (χ2v) is 7.90. The molecular formula is C17H16F2N2O3S. The Kier molecular flexibility index (Phi) is 4.24. The van der Waals surface area contributed by atoms with Crippen molar-refractivity contribution in [1.82, 2.24) is 0 Å². The summed E-state index contributed by atoms with van der Waals surface area (Å²) in [5.41, 5.74) is 1.75. The first-order valence-corrected chi connectivity index (χ1v) is 9.40. The van der Waals surface area contributed by atoms with Gasteiger partial charge in [-0.3, -0.25) is 9.10 Å². The van der Waals surface area contributed by atoms with E-state index in [1.54, 1.807) is 19.1 Å². The molecule has 0 unspecified atom stereocenters. The Balaban J connectivity index is 1.86. The third-order valence-electron chi connectivity index (χ3n) is 4.03. The molecule has 1 amide bonds. The molecule has 0 saturated heterocycles. The van der Waals surface area contributed by atoms with Gasteiger partial charge in [-0.2, -0.15) is 0 Å². The molecule has 1 heterocycles. The minimum Gasteiger partial charge on any atom is -0.322 e. The van der Waals surface area contributed by atoms with Crippen LogP contribution >= 0.6 is 0 Å². The Hall–Kier alpha value is -2.48. The highest BCUT2D eigenvalue weighted by molar-refractivity contribution is 7.92. The molecule has 1 N–H and O–H groups in total. The number of sulfonamides is 1. The van der Waals surface area contributed by atoms with E-state index in [1.807, 2.05) is 0 Å². The number of rotatable bonds is 3. The summed E-state index contributed by atoms with van der Waals surface area (Å²) in [5, 5.41) is 2.49. The fourth-order valence-corrected chi connectivity index (χ4v) is 4.29. The van der Waals surface area contributed by atoms with Gasteiger partial charge in [-0.05, 0) is 49.2 Å². The summed E-state index contributed by atoms with van der Waals surface area (Å²) in [4.78, 5) is 12.3. The maximum absolute atomic E-state index is 13.2. The molecule has 3 rings (SSSR count). The Labute approximate surface area is 144 Å². The van der Waals surface area contributed by atoms with Crippen molar-refractivity contribution in [2.24, 2.45) is 0 Å². The van der Waals surface area contributed by atoms with E-state index in [-0.39, 0.29) is 11.7 Å². The third-order valence-corrected chi connectivity index (χ3v) is 5.30. The third kappa shape index (κ3) is 3.34. The van der Waals surface area contributed by atoms with E-state index in [9.17, 15) is 22.0 Å². The number of nitrogens with zero attached hydrogens (tertiary/aromatic N) is 1. The van der Waals surface area contributed by atoms with Gasteiger partial charge in [0.05, 0.1) is 11.9 Å². The number of hydrogen-bond donors (Lipinski definition) is 1. The minimum atomic E-state index is -3.40. The van der Waals surface area contributed by atoms with Gasteiger partial charge < -0.3 is 5.32 Å². The fraction of sp³-hybridized carbons (Fsp3) is 0.235. The SMILES string of the molecule is C[C@H]1Cc2cc(C(=O)Nc3ccc(F)c(F)c3)ccc2N1S(C)(=O)=O. The van der Waals surface area contributed by atoms with Crippen molar-refractivity contribution >= 4 is 27.3 Å². The lowest BCUT2D eigenvalue weighted by atomic mass is 10.1. The average Bonchev–Trinajstić information content (AvgIpc) is 2.85. The molecular weight excluding hydrogens is 350 g/mol. The van der Waals surface area contributed by atoms with Crippen molar-refractivity contribution in [2.75, 3.05) is 15.9 Å². The fourth-order valence-electron chi connectivity index (χ4n) is 3.03. The van der Waals surface area contributed by atoms with Crippen molar-refractivity contribution in [1.29, 1.82) is 0 Å². The molecule has 8 heteroatoms. The van der Waals surface area contributed by atoms with Crippen LogP contribution < -0.4 is 9.62 Å². The molecule has 0 spiro atoms. The second-order valence-electron chi connectivity index (χ2n) is 6.04. The minimum absolute atomic E-state index is 0.135. The molecule has 2 aromatic carbocycles. The van der Waals surface area contributed by atoms with Gasteiger partial charge in [0.2, 0.25) is 10.0 Å². The van der Waals surface area contributed by atoms with Crippen LogP contribution in [0.25, 0.3) is 0 Å². The quantitative estimate of drug-likeness (QED) is 0.908. The molecule has 5 nitrogen and oxygen atoms in total. The van der Waals surface area contributed by atoms with Gasteiger partial charge in [-0.15, -0.1) is 0 Å². The molecule has 1 aliphatic rings. The zero-order chi connectivity index (χ0) is 18.4. The summed E-state index contributed by atoms with van der Waals surface area (Å²) in [5.74, 6) is -2.53. The van der Waals surface area contributed by atoms with Crippen LogP contribution in [-0.4, -0.2) is 26.6 Å². The molecule has 132 valence electrons. The van der Waals surface area contributed by atoms with E-state index < -0.39 is 27.6 Å². The van der Waals surface area contributed by atoms with Gasteiger partial charge in [0.25, 0.3) is 5.91 Å². The maximum Gasteiger partial charge on any atom is 0.255 e. The Bertz CT molecular complexity index is 960. The zero-order valence-electron chi connectivity index (χ0n) is 13.6. The molecule has 0 fully saturated rings. The molecule has 0 bridgehead atoms.